The molecule has 3 atom stereocenters. The van der Waals surface area contributed by atoms with E-state index in [9.17, 15) is 30.0 Å². The summed E-state index contributed by atoms with van der Waals surface area (Å²) in [6.45, 7) is 1.28. The highest BCUT2D eigenvalue weighted by Gasteiger charge is 2.50. The summed E-state index contributed by atoms with van der Waals surface area (Å²) in [6.07, 6.45) is -3.59. The van der Waals surface area contributed by atoms with E-state index in [0.29, 0.717) is 0 Å². The van der Waals surface area contributed by atoms with E-state index in [1.165, 1.54) is 26.2 Å². The van der Waals surface area contributed by atoms with Crippen molar-refractivity contribution in [1.29, 1.82) is 0 Å². The number of rotatable bonds is 1. The van der Waals surface area contributed by atoms with Crippen LogP contribution >= 0.6 is 0 Å². The Kier molecular flexibility index (Phi) is 3.33. The van der Waals surface area contributed by atoms with Crippen molar-refractivity contribution in [1.82, 2.24) is 0 Å². The van der Waals surface area contributed by atoms with Crippen LogP contribution in [-0.2, 0) is 0 Å². The van der Waals surface area contributed by atoms with Crippen molar-refractivity contribution in [2.75, 3.05) is 7.11 Å². The number of fused-ring (bicyclic) bond motifs is 1. The van der Waals surface area contributed by atoms with E-state index in [1.54, 1.807) is 0 Å². The van der Waals surface area contributed by atoms with Crippen LogP contribution in [0.1, 0.15) is 34.1 Å². The van der Waals surface area contributed by atoms with Gasteiger partial charge in [-0.05, 0) is 13.0 Å². The topological polar surface area (TPSA) is 124 Å². The molecule has 0 saturated carbocycles. The SMILES string of the molecule is COc1cc(O)c2c(c1)C(=O)C1=C(C2=O)[C@H](O)[C@@H](O)[C@@](C)(O)C1. The van der Waals surface area contributed by atoms with Gasteiger partial charge in [-0.3, -0.25) is 9.59 Å². The van der Waals surface area contributed by atoms with Gasteiger partial charge < -0.3 is 25.2 Å². The van der Waals surface area contributed by atoms with Gasteiger partial charge in [0.1, 0.15) is 23.7 Å². The molecule has 0 fully saturated rings. The van der Waals surface area contributed by atoms with E-state index >= 15 is 0 Å². The van der Waals surface area contributed by atoms with Crippen molar-refractivity contribution in [3.63, 3.8) is 0 Å². The average molecular weight is 320 g/mol. The van der Waals surface area contributed by atoms with Crippen LogP contribution in [0.25, 0.3) is 0 Å². The van der Waals surface area contributed by atoms with E-state index < -0.39 is 35.1 Å². The number of aromatic hydroxyl groups is 1. The summed E-state index contributed by atoms with van der Waals surface area (Å²) in [6, 6.07) is 2.52. The number of ether oxygens (including phenoxy) is 1. The lowest BCUT2D eigenvalue weighted by atomic mass is 9.70. The molecule has 0 aromatic heterocycles. The van der Waals surface area contributed by atoms with Gasteiger partial charge in [-0.2, -0.15) is 0 Å². The maximum absolute atomic E-state index is 12.7. The highest BCUT2D eigenvalue weighted by Crippen LogP contribution is 2.43. The van der Waals surface area contributed by atoms with Gasteiger partial charge in [0.2, 0.25) is 0 Å². The second-order valence-corrected chi connectivity index (χ2v) is 6.04. The molecule has 0 radical (unpaired) electrons. The number of aliphatic hydroxyl groups is 3. The normalized spacial score (nSPS) is 30.1. The lowest BCUT2D eigenvalue weighted by Crippen LogP contribution is -2.54. The molecule has 122 valence electrons. The van der Waals surface area contributed by atoms with Crippen LogP contribution in [0, 0.1) is 0 Å². The molecule has 4 N–H and O–H groups in total. The van der Waals surface area contributed by atoms with Crippen LogP contribution in [0.4, 0.5) is 0 Å². The Bertz CT molecular complexity index is 760. The van der Waals surface area contributed by atoms with Gasteiger partial charge >= 0.3 is 0 Å². The zero-order valence-corrected chi connectivity index (χ0v) is 12.5. The number of carbonyl (C=O) groups excluding carboxylic acids is 2. The second-order valence-electron chi connectivity index (χ2n) is 6.04. The highest BCUT2D eigenvalue weighted by molar-refractivity contribution is 6.28. The van der Waals surface area contributed by atoms with E-state index in [0.717, 1.165) is 0 Å². The third-order valence-corrected chi connectivity index (χ3v) is 4.41. The van der Waals surface area contributed by atoms with Crippen molar-refractivity contribution in [3.05, 3.63) is 34.4 Å². The molecule has 0 bridgehead atoms. The van der Waals surface area contributed by atoms with Crippen molar-refractivity contribution in [2.45, 2.75) is 31.2 Å². The number of Topliss-reactive ketones (excluding diaryl/α,β-unsaturated/α-hetero) is 2. The summed E-state index contributed by atoms with van der Waals surface area (Å²) >= 11 is 0. The minimum atomic E-state index is -1.74. The molecule has 0 saturated heterocycles. The van der Waals surface area contributed by atoms with Gasteiger partial charge in [-0.15, -0.1) is 0 Å². The molecule has 3 rings (SSSR count). The molecule has 0 aliphatic heterocycles. The van der Waals surface area contributed by atoms with Gasteiger partial charge in [0, 0.05) is 29.2 Å². The number of methoxy groups -OCH3 is 1. The first-order valence-corrected chi connectivity index (χ1v) is 7.01. The minimum absolute atomic E-state index is 0.0509. The number of aliphatic hydroxyl groups excluding tert-OH is 2. The zero-order valence-electron chi connectivity index (χ0n) is 12.5. The number of benzene rings is 1. The van der Waals surface area contributed by atoms with Gasteiger partial charge in [0.15, 0.2) is 11.6 Å². The van der Waals surface area contributed by atoms with Crippen LogP contribution < -0.4 is 4.74 Å². The first kappa shape index (κ1) is 15.7. The monoisotopic (exact) mass is 320 g/mol. The molecule has 2 aliphatic carbocycles. The number of phenols is 1. The lowest BCUT2D eigenvalue weighted by molar-refractivity contribution is -0.111. The zero-order chi connectivity index (χ0) is 17.1. The molecule has 1 aromatic carbocycles. The first-order chi connectivity index (χ1) is 10.7. The summed E-state index contributed by atoms with van der Waals surface area (Å²) in [4.78, 5) is 25.3. The number of carbonyl (C=O) groups is 2. The third-order valence-electron chi connectivity index (χ3n) is 4.41. The van der Waals surface area contributed by atoms with E-state index in [2.05, 4.69) is 0 Å². The quantitative estimate of drug-likeness (QED) is 0.572. The van der Waals surface area contributed by atoms with Crippen molar-refractivity contribution < 1.29 is 34.8 Å². The second kappa shape index (κ2) is 4.89. The minimum Gasteiger partial charge on any atom is -0.507 e. The van der Waals surface area contributed by atoms with Crippen molar-refractivity contribution in [2.24, 2.45) is 0 Å². The summed E-state index contributed by atoms with van der Waals surface area (Å²) in [7, 11) is 1.35. The molecule has 1 aromatic rings. The van der Waals surface area contributed by atoms with E-state index in [-0.39, 0.29) is 34.4 Å². The summed E-state index contributed by atoms with van der Waals surface area (Å²) in [5, 5.41) is 40.3. The van der Waals surface area contributed by atoms with Crippen LogP contribution in [0.15, 0.2) is 23.3 Å². The van der Waals surface area contributed by atoms with Crippen molar-refractivity contribution in [3.8, 4) is 11.5 Å². The highest BCUT2D eigenvalue weighted by atomic mass is 16.5. The molecule has 0 amide bonds. The Labute approximate surface area is 131 Å². The van der Waals surface area contributed by atoms with Crippen LogP contribution in [0.5, 0.6) is 11.5 Å². The Morgan fingerprint density at radius 2 is 1.87 bits per heavy atom. The fraction of sp³-hybridized carbons (Fsp3) is 0.375. The molecule has 23 heavy (non-hydrogen) atoms. The number of hydrogen-bond donors (Lipinski definition) is 4. The Morgan fingerprint density at radius 3 is 2.48 bits per heavy atom. The fourth-order valence-electron chi connectivity index (χ4n) is 3.14. The predicted octanol–water partition coefficient (Wildman–Crippen LogP) is -0.0471. The van der Waals surface area contributed by atoms with E-state index in [4.69, 9.17) is 4.74 Å². The Balaban J connectivity index is 2.24. The molecular weight excluding hydrogens is 304 g/mol. The summed E-state index contributed by atoms with van der Waals surface area (Å²) in [5.74, 6) is -1.57. The smallest absolute Gasteiger partial charge is 0.196 e. The standard InChI is InChI=1S/C16H16O7/c1-16(22)5-8-11(14(20)15(16)21)13(19)10-7(12(8)18)3-6(23-2)4-9(10)17/h3-4,14-15,17,20-22H,5H2,1-2H3/t14-,15+,16-/m0/s1. The van der Waals surface area contributed by atoms with Crippen LogP contribution in [0.3, 0.4) is 0 Å². The molecule has 0 spiro atoms. The molecule has 7 nitrogen and oxygen atoms in total. The number of hydrogen-bond acceptors (Lipinski definition) is 7. The maximum Gasteiger partial charge on any atom is 0.196 e. The maximum atomic E-state index is 12.7. The lowest BCUT2D eigenvalue weighted by Gasteiger charge is -2.40. The van der Waals surface area contributed by atoms with Crippen LogP contribution in [-0.4, -0.2) is 56.9 Å². The fourth-order valence-corrected chi connectivity index (χ4v) is 3.14. The predicted molar refractivity (Wildman–Crippen MR) is 77.6 cm³/mol. The molecule has 0 unspecified atom stereocenters. The Morgan fingerprint density at radius 1 is 1.22 bits per heavy atom. The molecule has 2 aliphatic rings. The average Bonchev–Trinajstić information content (AvgIpc) is 2.49. The molecule has 7 heteroatoms. The van der Waals surface area contributed by atoms with E-state index in [1.807, 2.05) is 0 Å². The van der Waals surface area contributed by atoms with Crippen molar-refractivity contribution >= 4 is 11.6 Å². The van der Waals surface area contributed by atoms with Crippen LogP contribution in [0.2, 0.25) is 0 Å². The van der Waals surface area contributed by atoms with Gasteiger partial charge in [0.25, 0.3) is 0 Å². The van der Waals surface area contributed by atoms with Gasteiger partial charge in [-0.25, -0.2) is 0 Å². The largest absolute Gasteiger partial charge is 0.507 e. The van der Waals surface area contributed by atoms with Gasteiger partial charge in [0.05, 0.1) is 18.3 Å². The third kappa shape index (κ3) is 2.08. The number of phenolic OH excluding ortho intramolecular Hbond substituents is 1. The first-order valence-electron chi connectivity index (χ1n) is 7.01. The molecular formula is C16H16O7. The van der Waals surface area contributed by atoms with Gasteiger partial charge in [-0.1, -0.05) is 0 Å². The number of ketones is 2. The summed E-state index contributed by atoms with van der Waals surface area (Å²) in [5.41, 5.74) is -2.36. The molecule has 0 heterocycles. The Hall–Kier alpha value is -2.22. The summed E-state index contributed by atoms with van der Waals surface area (Å²) < 4.78 is 4.98.